The van der Waals surface area contributed by atoms with Gasteiger partial charge in [0.2, 0.25) is 27.8 Å². The SMILES string of the molecule is CCc1cc(Nc2ncc(Br)c(Nc3ccc4nccnc4c3NS(C)(=O)=O)n2)c(OC)cc1N1CCC(N2CCN(c3ccc(C4CCC(=O)NC4=O)cc3)CC2)CC1. The molecule has 0 spiro atoms. The molecular weight excluding hydrogens is 851 g/mol. The highest BCUT2D eigenvalue weighted by atomic mass is 79.9. The van der Waals surface area contributed by atoms with Crippen molar-refractivity contribution >= 4 is 89.0 Å². The first-order valence-electron chi connectivity index (χ1n) is 20.1. The van der Waals surface area contributed by atoms with Crippen molar-refractivity contribution in [1.29, 1.82) is 0 Å². The molecule has 8 rings (SSSR count). The van der Waals surface area contributed by atoms with Crippen LogP contribution in [-0.2, 0) is 26.0 Å². The molecule has 1 atom stereocenters. The van der Waals surface area contributed by atoms with Crippen LogP contribution in [0.1, 0.15) is 49.7 Å². The first-order valence-corrected chi connectivity index (χ1v) is 22.8. The van der Waals surface area contributed by atoms with Gasteiger partial charge in [-0.1, -0.05) is 19.1 Å². The molecule has 2 aromatic heterocycles. The number of anilines is 7. The van der Waals surface area contributed by atoms with Gasteiger partial charge in [0.1, 0.15) is 17.1 Å². The van der Waals surface area contributed by atoms with Gasteiger partial charge in [-0.15, -0.1) is 0 Å². The number of hydrogen-bond donors (Lipinski definition) is 4. The number of aromatic nitrogens is 4. The van der Waals surface area contributed by atoms with Crippen molar-refractivity contribution in [2.24, 2.45) is 0 Å². The molecule has 4 N–H and O–H groups in total. The lowest BCUT2D eigenvalue weighted by Gasteiger charge is -2.44. The minimum Gasteiger partial charge on any atom is -0.494 e. The Kier molecular flexibility index (Phi) is 12.0. The van der Waals surface area contributed by atoms with E-state index >= 15 is 0 Å². The Morgan fingerprint density at radius 2 is 1.63 bits per heavy atom. The van der Waals surface area contributed by atoms with Gasteiger partial charge in [0.25, 0.3) is 0 Å². The summed E-state index contributed by atoms with van der Waals surface area (Å²) in [5, 5.41) is 9.06. The van der Waals surface area contributed by atoms with E-state index in [1.54, 1.807) is 31.6 Å². The van der Waals surface area contributed by atoms with Gasteiger partial charge < -0.3 is 25.2 Å². The maximum absolute atomic E-state index is 12.4. The molecule has 1 unspecified atom stereocenters. The van der Waals surface area contributed by atoms with Gasteiger partial charge in [-0.3, -0.25) is 34.5 Å². The van der Waals surface area contributed by atoms with E-state index in [9.17, 15) is 18.0 Å². The number of hydrogen-bond acceptors (Lipinski definition) is 14. The van der Waals surface area contributed by atoms with Crippen LogP contribution in [0, 0.1) is 0 Å². The molecule has 3 aromatic carbocycles. The van der Waals surface area contributed by atoms with Crippen molar-refractivity contribution in [3.8, 4) is 5.75 Å². The van der Waals surface area contributed by atoms with Crippen LogP contribution in [0.3, 0.4) is 0 Å². The van der Waals surface area contributed by atoms with Crippen LogP contribution in [0.2, 0.25) is 0 Å². The molecule has 60 heavy (non-hydrogen) atoms. The number of carbonyl (C=O) groups excluding carboxylic acids is 2. The molecule has 16 nitrogen and oxygen atoms in total. The zero-order valence-corrected chi connectivity index (χ0v) is 36.1. The van der Waals surface area contributed by atoms with Crippen LogP contribution < -0.4 is 35.2 Å². The molecule has 5 heterocycles. The number of piperazine rings is 1. The normalized spacial score (nSPS) is 18.0. The number of rotatable bonds is 12. The van der Waals surface area contributed by atoms with Gasteiger partial charge >= 0.3 is 0 Å². The first kappa shape index (κ1) is 41.2. The average Bonchev–Trinajstić information content (AvgIpc) is 3.25. The Balaban J connectivity index is 0.903. The number of piperidine rings is 2. The van der Waals surface area contributed by atoms with Crippen molar-refractivity contribution < 1.29 is 22.7 Å². The molecule has 18 heteroatoms. The number of halogens is 1. The molecule has 5 aromatic rings. The zero-order valence-electron chi connectivity index (χ0n) is 33.7. The Hall–Kier alpha value is -5.59. The molecule has 0 aliphatic carbocycles. The molecular formula is C42H48BrN11O5S. The maximum atomic E-state index is 12.4. The Labute approximate surface area is 357 Å². The van der Waals surface area contributed by atoms with Crippen LogP contribution in [0.15, 0.2) is 71.6 Å². The van der Waals surface area contributed by atoms with Gasteiger partial charge in [-0.2, -0.15) is 4.98 Å². The van der Waals surface area contributed by atoms with Crippen LogP contribution >= 0.6 is 15.9 Å². The van der Waals surface area contributed by atoms with Gasteiger partial charge in [0, 0.05) is 87.8 Å². The highest BCUT2D eigenvalue weighted by Gasteiger charge is 2.30. The minimum absolute atomic E-state index is 0.191. The van der Waals surface area contributed by atoms with E-state index < -0.39 is 10.0 Å². The Morgan fingerprint density at radius 1 is 0.883 bits per heavy atom. The van der Waals surface area contributed by atoms with Crippen LogP contribution in [0.4, 0.5) is 40.2 Å². The molecule has 3 saturated heterocycles. The first-order chi connectivity index (χ1) is 29.0. The monoisotopic (exact) mass is 897 g/mol. The number of fused-ring (bicyclic) bond motifs is 1. The lowest BCUT2D eigenvalue weighted by Crippen LogP contribution is -2.53. The summed E-state index contributed by atoms with van der Waals surface area (Å²) in [6.45, 7) is 7.93. The van der Waals surface area contributed by atoms with Crippen molar-refractivity contribution in [3.05, 3.63) is 82.7 Å². The number of nitrogens with one attached hydrogen (secondary N) is 4. The molecule has 3 aliphatic heterocycles. The standard InChI is InChI=1S/C42H48BrN11O5S/c1-4-26-23-34(48-42-46-25-31(43)40(50-42)47-33-11-10-32-38(45-16-15-44-32)39(33)51-60(3,57)58)36(59-2)24-35(26)54-17-13-29(14-18-54)53-21-19-52(20-22-53)28-7-5-27(6-8-28)30-9-12-37(55)49-41(30)56/h5-8,10-11,15-16,23-25,29-30,51H,4,9,12-14,17-22H2,1-3H3,(H,49,55,56)(H2,46,47,48,50). The Morgan fingerprint density at radius 3 is 2.33 bits per heavy atom. The average molecular weight is 899 g/mol. The second kappa shape index (κ2) is 17.6. The fourth-order valence-corrected chi connectivity index (χ4v) is 9.26. The van der Waals surface area contributed by atoms with Crippen molar-refractivity contribution in [2.75, 3.05) is 77.8 Å². The molecule has 0 bridgehead atoms. The second-order valence-electron chi connectivity index (χ2n) is 15.3. The van der Waals surface area contributed by atoms with Crippen molar-refractivity contribution in [2.45, 2.75) is 51.0 Å². The summed E-state index contributed by atoms with van der Waals surface area (Å²) in [7, 11) is -1.99. The van der Waals surface area contributed by atoms with E-state index in [1.807, 2.05) is 12.1 Å². The third-order valence-corrected chi connectivity index (χ3v) is 12.6. The molecule has 3 aliphatic rings. The minimum atomic E-state index is -3.64. The van der Waals surface area contributed by atoms with Gasteiger partial charge in [0.05, 0.1) is 46.3 Å². The number of carbonyl (C=O) groups is 2. The highest BCUT2D eigenvalue weighted by Crippen LogP contribution is 2.38. The third kappa shape index (κ3) is 9.10. The number of sulfonamides is 1. The van der Waals surface area contributed by atoms with Crippen LogP contribution in [0.25, 0.3) is 11.0 Å². The number of amides is 2. The van der Waals surface area contributed by atoms with E-state index in [1.165, 1.54) is 11.8 Å². The molecule has 0 saturated carbocycles. The smallest absolute Gasteiger partial charge is 0.234 e. The van der Waals surface area contributed by atoms with Crippen LogP contribution in [-0.4, -0.2) is 104 Å². The topological polar surface area (TPSA) is 187 Å². The van der Waals surface area contributed by atoms with Crippen LogP contribution in [0.5, 0.6) is 5.75 Å². The number of aryl methyl sites for hydroxylation is 1. The molecule has 2 amide bonds. The predicted octanol–water partition coefficient (Wildman–Crippen LogP) is 5.92. The maximum Gasteiger partial charge on any atom is 0.234 e. The summed E-state index contributed by atoms with van der Waals surface area (Å²) in [5.41, 5.74) is 6.82. The predicted molar refractivity (Wildman–Crippen MR) is 237 cm³/mol. The number of imide groups is 1. The van der Waals surface area contributed by atoms with Gasteiger partial charge in [-0.25, -0.2) is 13.4 Å². The Bertz CT molecular complexity index is 2510. The van der Waals surface area contributed by atoms with Gasteiger partial charge in [0.15, 0.2) is 0 Å². The van der Waals surface area contributed by atoms with E-state index in [4.69, 9.17) is 9.72 Å². The summed E-state index contributed by atoms with van der Waals surface area (Å²) in [6.07, 6.45) is 9.66. The fourth-order valence-electron chi connectivity index (χ4n) is 8.40. The highest BCUT2D eigenvalue weighted by molar-refractivity contribution is 9.10. The van der Waals surface area contributed by atoms with E-state index in [2.05, 4.69) is 97.4 Å². The van der Waals surface area contributed by atoms with Gasteiger partial charge in [-0.05, 0) is 83.1 Å². The second-order valence-corrected chi connectivity index (χ2v) is 17.9. The lowest BCUT2D eigenvalue weighted by atomic mass is 9.90. The summed E-state index contributed by atoms with van der Waals surface area (Å²) < 4.78 is 33.7. The number of methoxy groups -OCH3 is 1. The lowest BCUT2D eigenvalue weighted by molar-refractivity contribution is -0.134. The van der Waals surface area contributed by atoms with Crippen molar-refractivity contribution in [1.82, 2.24) is 30.2 Å². The number of nitrogens with zero attached hydrogens (tertiary/aromatic N) is 7. The molecule has 3 fully saturated rings. The summed E-state index contributed by atoms with van der Waals surface area (Å²) in [4.78, 5) is 49.4. The number of benzene rings is 3. The molecule has 0 radical (unpaired) electrons. The van der Waals surface area contributed by atoms with E-state index in [0.29, 0.717) is 57.6 Å². The third-order valence-electron chi connectivity index (χ3n) is 11.5. The summed E-state index contributed by atoms with van der Waals surface area (Å²) in [5.74, 6) is 0.730. The molecule has 314 valence electrons. The van der Waals surface area contributed by atoms with Crippen molar-refractivity contribution in [3.63, 3.8) is 0 Å². The number of ether oxygens (including phenoxy) is 1. The fraction of sp³-hybridized carbons (Fsp3) is 0.381. The largest absolute Gasteiger partial charge is 0.494 e. The van der Waals surface area contributed by atoms with E-state index in [0.717, 1.165) is 87.4 Å². The summed E-state index contributed by atoms with van der Waals surface area (Å²) in [6, 6.07) is 16.5. The zero-order chi connectivity index (χ0) is 42.0. The van der Waals surface area contributed by atoms with E-state index in [-0.39, 0.29) is 23.4 Å². The summed E-state index contributed by atoms with van der Waals surface area (Å²) >= 11 is 3.54. The quantitative estimate of drug-likeness (QED) is 0.108.